The second-order valence-corrected chi connectivity index (χ2v) is 9.64. The van der Waals surface area contributed by atoms with E-state index in [0.717, 1.165) is 22.0 Å². The first-order valence-electron chi connectivity index (χ1n) is 10.9. The van der Waals surface area contributed by atoms with Crippen molar-refractivity contribution in [2.45, 2.75) is 59.8 Å². The molecule has 32 heavy (non-hydrogen) atoms. The summed E-state index contributed by atoms with van der Waals surface area (Å²) in [6.07, 6.45) is 2.02. The number of aromatic amines is 1. The quantitative estimate of drug-likeness (QED) is 0.378. The number of H-pyrrole nitrogens is 1. The van der Waals surface area contributed by atoms with E-state index in [9.17, 15) is 9.90 Å². The van der Waals surface area contributed by atoms with Crippen LogP contribution in [0.3, 0.4) is 0 Å². The smallest absolute Gasteiger partial charge is 0.257 e. The van der Waals surface area contributed by atoms with Crippen molar-refractivity contribution in [2.75, 3.05) is 0 Å². The minimum absolute atomic E-state index is 0.0974. The molecule has 0 saturated heterocycles. The van der Waals surface area contributed by atoms with Gasteiger partial charge in [0, 0.05) is 34.5 Å². The Hall–Kier alpha value is -3.23. The maximum absolute atomic E-state index is 13.2. The van der Waals surface area contributed by atoms with Crippen molar-refractivity contribution in [2.24, 2.45) is 5.41 Å². The Morgan fingerprint density at radius 1 is 1.16 bits per heavy atom. The third kappa shape index (κ3) is 6.15. The van der Waals surface area contributed by atoms with Gasteiger partial charge in [0.15, 0.2) is 0 Å². The van der Waals surface area contributed by atoms with Crippen molar-refractivity contribution in [1.82, 2.24) is 10.3 Å². The van der Waals surface area contributed by atoms with E-state index >= 15 is 0 Å². The molecule has 0 bridgehead atoms. The van der Waals surface area contributed by atoms with Gasteiger partial charge in [0.05, 0.1) is 11.7 Å². The molecular formula is C27H32N2O3. The molecule has 1 atom stereocenters. The van der Waals surface area contributed by atoms with Gasteiger partial charge < -0.3 is 20.1 Å². The average molecular weight is 433 g/mol. The predicted molar refractivity (Wildman–Crippen MR) is 129 cm³/mol. The summed E-state index contributed by atoms with van der Waals surface area (Å²) in [6, 6.07) is 13.2. The molecule has 0 aliphatic carbocycles. The third-order valence-corrected chi connectivity index (χ3v) is 4.76. The number of hydrogen-bond donors (Lipinski definition) is 3. The van der Waals surface area contributed by atoms with E-state index in [4.69, 9.17) is 4.74 Å². The number of carbonyl (C=O) groups excluding carboxylic acids is 1. The number of ether oxygens (including phenoxy) is 1. The molecule has 1 amide bonds. The molecule has 2 aromatic carbocycles. The largest absolute Gasteiger partial charge is 0.490 e. The van der Waals surface area contributed by atoms with Gasteiger partial charge in [-0.25, -0.2) is 0 Å². The fraction of sp³-hybridized carbons (Fsp3) is 0.370. The monoisotopic (exact) mass is 432 g/mol. The molecule has 3 N–H and O–H groups in total. The molecular weight excluding hydrogens is 400 g/mol. The highest BCUT2D eigenvalue weighted by atomic mass is 16.5. The lowest BCUT2D eigenvalue weighted by atomic mass is 9.97. The van der Waals surface area contributed by atoms with Gasteiger partial charge in [0.25, 0.3) is 5.91 Å². The van der Waals surface area contributed by atoms with E-state index in [1.54, 1.807) is 19.1 Å². The number of fused-ring (bicyclic) bond motifs is 1. The molecule has 5 nitrogen and oxygen atoms in total. The van der Waals surface area contributed by atoms with Crippen LogP contribution in [-0.4, -0.2) is 27.8 Å². The van der Waals surface area contributed by atoms with Gasteiger partial charge in [0.1, 0.15) is 11.5 Å². The SMILES string of the molecule is CC(C)Oc1ccc(C#CC(C)(C)C)cc1C(=O)N[C@](C)(O)Cc1c[nH]c2ccccc12. The summed E-state index contributed by atoms with van der Waals surface area (Å²) in [5.41, 5.74) is 1.37. The highest BCUT2D eigenvalue weighted by molar-refractivity contribution is 5.97. The topological polar surface area (TPSA) is 74.3 Å². The Morgan fingerprint density at radius 2 is 1.88 bits per heavy atom. The second-order valence-electron chi connectivity index (χ2n) is 9.64. The number of aromatic nitrogens is 1. The fourth-order valence-electron chi connectivity index (χ4n) is 3.41. The number of aliphatic hydroxyl groups is 1. The zero-order chi connectivity index (χ0) is 23.5. The summed E-state index contributed by atoms with van der Waals surface area (Å²) in [4.78, 5) is 16.4. The zero-order valence-corrected chi connectivity index (χ0v) is 19.7. The number of rotatable bonds is 6. The van der Waals surface area contributed by atoms with Gasteiger partial charge in [-0.1, -0.05) is 30.0 Å². The first kappa shape index (κ1) is 23.4. The average Bonchev–Trinajstić information content (AvgIpc) is 3.08. The highest BCUT2D eigenvalue weighted by Gasteiger charge is 2.27. The normalized spacial score (nSPS) is 13.4. The van der Waals surface area contributed by atoms with Gasteiger partial charge in [0.2, 0.25) is 0 Å². The van der Waals surface area contributed by atoms with Crippen molar-refractivity contribution in [3.05, 3.63) is 65.4 Å². The van der Waals surface area contributed by atoms with Gasteiger partial charge in [-0.3, -0.25) is 4.79 Å². The summed E-state index contributed by atoms with van der Waals surface area (Å²) >= 11 is 0. The van der Waals surface area contributed by atoms with Gasteiger partial charge in [-0.15, -0.1) is 0 Å². The minimum atomic E-state index is -1.45. The number of para-hydroxylation sites is 1. The molecule has 1 heterocycles. The lowest BCUT2D eigenvalue weighted by Crippen LogP contribution is -2.47. The summed E-state index contributed by atoms with van der Waals surface area (Å²) < 4.78 is 5.85. The van der Waals surface area contributed by atoms with E-state index in [-0.39, 0.29) is 17.9 Å². The van der Waals surface area contributed by atoms with Crippen LogP contribution in [0.25, 0.3) is 10.9 Å². The Morgan fingerprint density at radius 3 is 2.56 bits per heavy atom. The Bertz CT molecular complexity index is 1170. The van der Waals surface area contributed by atoms with Crippen molar-refractivity contribution < 1.29 is 14.6 Å². The van der Waals surface area contributed by atoms with Gasteiger partial charge >= 0.3 is 0 Å². The predicted octanol–water partition coefficient (Wildman–Crippen LogP) is 5.03. The van der Waals surface area contributed by atoms with Crippen LogP contribution in [0.5, 0.6) is 5.75 Å². The lowest BCUT2D eigenvalue weighted by molar-refractivity contribution is 0.0234. The van der Waals surface area contributed by atoms with Crippen LogP contribution in [0.1, 0.15) is 63.0 Å². The highest BCUT2D eigenvalue weighted by Crippen LogP contribution is 2.25. The van der Waals surface area contributed by atoms with E-state index < -0.39 is 11.6 Å². The molecule has 1 aromatic heterocycles. The third-order valence-electron chi connectivity index (χ3n) is 4.76. The molecule has 0 unspecified atom stereocenters. The van der Waals surface area contributed by atoms with Crippen LogP contribution in [0.15, 0.2) is 48.7 Å². The van der Waals surface area contributed by atoms with Crippen molar-refractivity contribution in [1.29, 1.82) is 0 Å². The maximum Gasteiger partial charge on any atom is 0.257 e. The van der Waals surface area contributed by atoms with E-state index in [2.05, 4.69) is 22.1 Å². The fourth-order valence-corrected chi connectivity index (χ4v) is 3.41. The van der Waals surface area contributed by atoms with Crippen LogP contribution < -0.4 is 10.1 Å². The number of carbonyl (C=O) groups is 1. The molecule has 0 fully saturated rings. The zero-order valence-electron chi connectivity index (χ0n) is 19.7. The van der Waals surface area contributed by atoms with E-state index in [1.807, 2.05) is 71.1 Å². The summed E-state index contributed by atoms with van der Waals surface area (Å²) in [5.74, 6) is 6.36. The van der Waals surface area contributed by atoms with Crippen LogP contribution in [0.2, 0.25) is 0 Å². The van der Waals surface area contributed by atoms with E-state index in [0.29, 0.717) is 11.3 Å². The molecule has 0 spiro atoms. The summed E-state index contributed by atoms with van der Waals surface area (Å²) in [5, 5.41) is 14.8. The van der Waals surface area contributed by atoms with Crippen LogP contribution in [0.4, 0.5) is 0 Å². The summed E-state index contributed by atoms with van der Waals surface area (Å²) in [7, 11) is 0. The molecule has 168 valence electrons. The Balaban J connectivity index is 1.87. The molecule has 0 aliphatic heterocycles. The van der Waals surface area contributed by atoms with Crippen molar-refractivity contribution in [3.8, 4) is 17.6 Å². The second kappa shape index (κ2) is 9.10. The summed E-state index contributed by atoms with van der Waals surface area (Å²) in [6.45, 7) is 11.5. The van der Waals surface area contributed by atoms with Crippen LogP contribution >= 0.6 is 0 Å². The van der Waals surface area contributed by atoms with Gasteiger partial charge in [-0.2, -0.15) is 0 Å². The Kier molecular flexibility index (Phi) is 6.66. The van der Waals surface area contributed by atoms with Crippen molar-refractivity contribution >= 4 is 16.8 Å². The van der Waals surface area contributed by atoms with Crippen LogP contribution in [0, 0.1) is 17.3 Å². The molecule has 3 aromatic rings. The lowest BCUT2D eigenvalue weighted by Gasteiger charge is -2.25. The maximum atomic E-state index is 13.2. The first-order valence-corrected chi connectivity index (χ1v) is 10.9. The van der Waals surface area contributed by atoms with Gasteiger partial charge in [-0.05, 0) is 71.4 Å². The molecule has 0 radical (unpaired) electrons. The van der Waals surface area contributed by atoms with Crippen molar-refractivity contribution in [3.63, 3.8) is 0 Å². The molecule has 0 aliphatic rings. The first-order chi connectivity index (χ1) is 14.9. The van der Waals surface area contributed by atoms with Crippen LogP contribution in [-0.2, 0) is 6.42 Å². The number of amides is 1. The number of hydrogen-bond acceptors (Lipinski definition) is 3. The standard InChI is InChI=1S/C27H32N2O3/c1-18(2)32-24-12-11-19(13-14-26(3,4)5)15-22(24)25(30)29-27(6,31)16-20-17-28-23-10-8-7-9-21(20)23/h7-12,15,17-18,28,31H,16H2,1-6H3,(H,29,30)/t27-/m1/s1. The molecule has 5 heteroatoms. The Labute approximate surface area is 190 Å². The number of benzene rings is 2. The van der Waals surface area contributed by atoms with E-state index in [1.165, 1.54) is 0 Å². The molecule has 3 rings (SSSR count). The molecule has 0 saturated carbocycles. The minimum Gasteiger partial charge on any atom is -0.490 e. The number of nitrogens with one attached hydrogen (secondary N) is 2.